The first kappa shape index (κ1) is 8.24. The van der Waals surface area contributed by atoms with Crippen LogP contribution in [-0.2, 0) is 0 Å². The molecule has 1 rings (SSSR count). The molecule has 1 N–H and O–H groups in total. The van der Waals surface area contributed by atoms with Crippen LogP contribution >= 0.6 is 27.3 Å². The van der Waals surface area contributed by atoms with Crippen molar-refractivity contribution in [3.63, 3.8) is 0 Å². The van der Waals surface area contributed by atoms with E-state index in [9.17, 15) is 0 Å². The van der Waals surface area contributed by atoms with Gasteiger partial charge in [0.15, 0.2) is 0 Å². The number of hydrogen-bond acceptors (Lipinski definition) is 2. The van der Waals surface area contributed by atoms with E-state index in [4.69, 9.17) is 5.11 Å². The van der Waals surface area contributed by atoms with Crippen molar-refractivity contribution in [2.75, 3.05) is 11.9 Å². The Bertz CT molecular complexity index is 170. The number of thiophene rings is 1. The van der Waals surface area contributed by atoms with Gasteiger partial charge in [0.1, 0.15) is 0 Å². The molecule has 0 fully saturated rings. The molecule has 1 unspecified atom stereocenters. The lowest BCUT2D eigenvalue weighted by molar-refractivity contribution is 0.275. The van der Waals surface area contributed by atoms with Gasteiger partial charge in [0, 0.05) is 11.2 Å². The second-order valence-electron chi connectivity index (χ2n) is 2.09. The third-order valence-corrected chi connectivity index (χ3v) is 2.90. The third-order valence-electron chi connectivity index (χ3n) is 1.42. The quantitative estimate of drug-likeness (QED) is 0.776. The fourth-order valence-electron chi connectivity index (χ4n) is 0.751. The predicted octanol–water partition coefficient (Wildman–Crippen LogP) is 2.22. The van der Waals surface area contributed by atoms with Crippen LogP contribution in [0.3, 0.4) is 0 Å². The van der Waals surface area contributed by atoms with E-state index in [-0.39, 0.29) is 12.5 Å². The van der Waals surface area contributed by atoms with Gasteiger partial charge < -0.3 is 5.11 Å². The maximum Gasteiger partial charge on any atom is 0.0508 e. The molecule has 1 heterocycles. The highest BCUT2D eigenvalue weighted by Gasteiger charge is 2.07. The first-order chi connectivity index (χ1) is 4.88. The van der Waals surface area contributed by atoms with Crippen molar-refractivity contribution in [1.82, 2.24) is 0 Å². The molecule has 1 aromatic heterocycles. The zero-order chi connectivity index (χ0) is 7.40. The van der Waals surface area contributed by atoms with Crippen LogP contribution in [0.5, 0.6) is 0 Å². The summed E-state index contributed by atoms with van der Waals surface area (Å²) >= 11 is 5.01. The minimum Gasteiger partial charge on any atom is -0.396 e. The molecule has 0 amide bonds. The van der Waals surface area contributed by atoms with Crippen molar-refractivity contribution in [2.45, 2.75) is 5.92 Å². The van der Waals surface area contributed by atoms with Crippen molar-refractivity contribution in [3.05, 3.63) is 22.4 Å². The van der Waals surface area contributed by atoms with Gasteiger partial charge in [-0.15, -0.1) is 0 Å². The summed E-state index contributed by atoms with van der Waals surface area (Å²) in [6.45, 7) is 0.224. The van der Waals surface area contributed by atoms with Gasteiger partial charge in [-0.25, -0.2) is 0 Å². The molecule has 1 aromatic rings. The van der Waals surface area contributed by atoms with Gasteiger partial charge in [0.05, 0.1) is 6.61 Å². The van der Waals surface area contributed by atoms with Crippen molar-refractivity contribution < 1.29 is 5.11 Å². The summed E-state index contributed by atoms with van der Waals surface area (Å²) in [6, 6.07) is 2.05. The molecule has 1 atom stereocenters. The Labute approximate surface area is 72.8 Å². The van der Waals surface area contributed by atoms with E-state index in [2.05, 4.69) is 21.3 Å². The van der Waals surface area contributed by atoms with E-state index < -0.39 is 0 Å². The number of aliphatic hydroxyl groups is 1. The minimum atomic E-state index is 0.224. The molecule has 0 radical (unpaired) electrons. The van der Waals surface area contributed by atoms with Crippen molar-refractivity contribution in [1.29, 1.82) is 0 Å². The lowest BCUT2D eigenvalue weighted by Crippen LogP contribution is -2.03. The molecular weight excluding hydrogens is 212 g/mol. The van der Waals surface area contributed by atoms with E-state index in [1.54, 1.807) is 11.3 Å². The highest BCUT2D eigenvalue weighted by molar-refractivity contribution is 9.09. The van der Waals surface area contributed by atoms with Gasteiger partial charge in [-0.05, 0) is 22.4 Å². The molecule has 0 aromatic carbocycles. The Kier molecular flexibility index (Phi) is 3.39. The number of alkyl halides is 1. The largest absolute Gasteiger partial charge is 0.396 e. The summed E-state index contributed by atoms with van der Waals surface area (Å²) < 4.78 is 0. The minimum absolute atomic E-state index is 0.224. The third kappa shape index (κ3) is 1.81. The zero-order valence-electron chi connectivity index (χ0n) is 5.46. The molecule has 1 nitrogen and oxygen atoms in total. The zero-order valence-corrected chi connectivity index (χ0v) is 7.86. The SMILES string of the molecule is OCC(CBr)c1ccsc1. The highest BCUT2D eigenvalue weighted by Crippen LogP contribution is 2.19. The average molecular weight is 221 g/mol. The Morgan fingerprint density at radius 1 is 1.70 bits per heavy atom. The van der Waals surface area contributed by atoms with Crippen molar-refractivity contribution >= 4 is 27.3 Å². The van der Waals surface area contributed by atoms with Gasteiger partial charge >= 0.3 is 0 Å². The van der Waals surface area contributed by atoms with Crippen molar-refractivity contribution in [2.24, 2.45) is 0 Å². The van der Waals surface area contributed by atoms with Crippen LogP contribution < -0.4 is 0 Å². The van der Waals surface area contributed by atoms with Crippen LogP contribution in [-0.4, -0.2) is 17.0 Å². The van der Waals surface area contributed by atoms with Gasteiger partial charge in [-0.1, -0.05) is 15.9 Å². The summed E-state index contributed by atoms with van der Waals surface area (Å²) in [5, 5.41) is 13.8. The summed E-state index contributed by atoms with van der Waals surface area (Å²) in [4.78, 5) is 0. The standard InChI is InChI=1S/C7H9BrOS/c8-3-7(4-9)6-1-2-10-5-6/h1-2,5,7,9H,3-4H2. The van der Waals surface area contributed by atoms with Gasteiger partial charge in [0.2, 0.25) is 0 Å². The normalized spacial score (nSPS) is 13.4. The Morgan fingerprint density at radius 3 is 2.90 bits per heavy atom. The Balaban J connectivity index is 2.64. The summed E-state index contributed by atoms with van der Waals surface area (Å²) in [6.07, 6.45) is 0. The van der Waals surface area contributed by atoms with Gasteiger partial charge in [-0.2, -0.15) is 11.3 Å². The monoisotopic (exact) mass is 220 g/mol. The maximum absolute atomic E-state index is 8.87. The fourth-order valence-corrected chi connectivity index (χ4v) is 2.07. The van der Waals surface area contributed by atoms with Crippen LogP contribution in [0.15, 0.2) is 16.8 Å². The van der Waals surface area contributed by atoms with Crippen LogP contribution in [0.25, 0.3) is 0 Å². The van der Waals surface area contributed by atoms with Gasteiger partial charge in [0.25, 0.3) is 0 Å². The topological polar surface area (TPSA) is 20.2 Å². The molecule has 0 saturated heterocycles. The first-order valence-electron chi connectivity index (χ1n) is 3.07. The van der Waals surface area contributed by atoms with E-state index in [1.165, 1.54) is 5.56 Å². The smallest absolute Gasteiger partial charge is 0.0508 e. The molecular formula is C7H9BrOS. The number of halogens is 1. The summed E-state index contributed by atoms with van der Waals surface area (Å²) in [5.74, 6) is 0.270. The maximum atomic E-state index is 8.87. The van der Waals surface area contributed by atoms with Crippen molar-refractivity contribution in [3.8, 4) is 0 Å². The molecule has 10 heavy (non-hydrogen) atoms. The average Bonchev–Trinajstić information content (AvgIpc) is 2.43. The molecule has 0 aliphatic rings. The number of hydrogen-bond donors (Lipinski definition) is 1. The molecule has 0 aliphatic carbocycles. The molecule has 56 valence electrons. The van der Waals surface area contributed by atoms with E-state index in [0.29, 0.717) is 0 Å². The Morgan fingerprint density at radius 2 is 2.50 bits per heavy atom. The summed E-state index contributed by atoms with van der Waals surface area (Å²) in [5.41, 5.74) is 1.23. The van der Waals surface area contributed by atoms with Crippen LogP contribution in [0.4, 0.5) is 0 Å². The molecule has 3 heteroatoms. The number of rotatable bonds is 3. The van der Waals surface area contributed by atoms with E-state index in [0.717, 1.165) is 5.33 Å². The first-order valence-corrected chi connectivity index (χ1v) is 5.14. The Hall–Kier alpha value is 0.140. The second-order valence-corrected chi connectivity index (χ2v) is 3.52. The van der Waals surface area contributed by atoms with Crippen LogP contribution in [0.1, 0.15) is 11.5 Å². The molecule has 0 saturated carbocycles. The van der Waals surface area contributed by atoms with E-state index in [1.807, 2.05) is 11.4 Å². The highest BCUT2D eigenvalue weighted by atomic mass is 79.9. The fraction of sp³-hybridized carbons (Fsp3) is 0.429. The molecule has 0 aliphatic heterocycles. The predicted molar refractivity (Wildman–Crippen MR) is 47.9 cm³/mol. The van der Waals surface area contributed by atoms with E-state index >= 15 is 0 Å². The summed E-state index contributed by atoms with van der Waals surface area (Å²) in [7, 11) is 0. The molecule has 0 spiro atoms. The second kappa shape index (κ2) is 4.11. The lowest BCUT2D eigenvalue weighted by Gasteiger charge is -2.06. The number of aliphatic hydroxyl groups excluding tert-OH is 1. The van der Waals surface area contributed by atoms with Gasteiger partial charge in [-0.3, -0.25) is 0 Å². The lowest BCUT2D eigenvalue weighted by atomic mass is 10.1. The van der Waals surface area contributed by atoms with Crippen LogP contribution in [0.2, 0.25) is 0 Å². The van der Waals surface area contributed by atoms with Crippen LogP contribution in [0, 0.1) is 0 Å². The molecule has 0 bridgehead atoms.